The Hall–Kier alpha value is -1.10. The highest BCUT2D eigenvalue weighted by Crippen LogP contribution is 2.35. The Morgan fingerprint density at radius 2 is 2.00 bits per heavy atom. The van der Waals surface area contributed by atoms with E-state index >= 15 is 0 Å². The first kappa shape index (κ1) is 13.0. The molecule has 1 rings (SSSR count). The molecule has 0 aromatic rings. The van der Waals surface area contributed by atoms with Gasteiger partial charge >= 0.3 is 5.97 Å². The zero-order chi connectivity index (χ0) is 12.3. The SMILES string of the molecule is CC(C)(C)ONC(=O)[C@@H](CC1CC1)C(=O)O. The number of rotatable bonds is 5. The maximum Gasteiger partial charge on any atom is 0.316 e. The van der Waals surface area contributed by atoms with Gasteiger partial charge in [0.05, 0.1) is 5.60 Å². The molecular formula is C11H19NO4. The number of carbonyl (C=O) groups excluding carboxylic acids is 1. The summed E-state index contributed by atoms with van der Waals surface area (Å²) in [6.07, 6.45) is 2.46. The Morgan fingerprint density at radius 1 is 1.44 bits per heavy atom. The Bertz CT molecular complexity index is 278. The lowest BCUT2D eigenvalue weighted by molar-refractivity contribution is -0.159. The number of hydroxylamine groups is 1. The minimum Gasteiger partial charge on any atom is -0.481 e. The van der Waals surface area contributed by atoms with Crippen LogP contribution in [0.3, 0.4) is 0 Å². The highest BCUT2D eigenvalue weighted by atomic mass is 16.7. The van der Waals surface area contributed by atoms with E-state index in [9.17, 15) is 9.59 Å². The molecule has 1 amide bonds. The Labute approximate surface area is 95.1 Å². The van der Waals surface area contributed by atoms with E-state index in [0.29, 0.717) is 12.3 Å². The number of amides is 1. The van der Waals surface area contributed by atoms with E-state index in [1.165, 1.54) is 0 Å². The van der Waals surface area contributed by atoms with Crippen LogP contribution >= 0.6 is 0 Å². The molecule has 1 aliphatic carbocycles. The molecule has 92 valence electrons. The van der Waals surface area contributed by atoms with Crippen LogP contribution in [0, 0.1) is 11.8 Å². The van der Waals surface area contributed by atoms with Crippen LogP contribution in [0.1, 0.15) is 40.0 Å². The van der Waals surface area contributed by atoms with E-state index in [1.807, 2.05) is 0 Å². The molecule has 0 spiro atoms. The van der Waals surface area contributed by atoms with Crippen molar-refractivity contribution in [2.24, 2.45) is 11.8 Å². The second-order valence-corrected chi connectivity index (χ2v) is 5.25. The molecular weight excluding hydrogens is 210 g/mol. The van der Waals surface area contributed by atoms with Crippen molar-refractivity contribution in [3.05, 3.63) is 0 Å². The quantitative estimate of drug-likeness (QED) is 0.551. The van der Waals surface area contributed by atoms with Crippen molar-refractivity contribution in [1.29, 1.82) is 0 Å². The van der Waals surface area contributed by atoms with Crippen LogP contribution in [-0.2, 0) is 14.4 Å². The molecule has 16 heavy (non-hydrogen) atoms. The van der Waals surface area contributed by atoms with Crippen LogP contribution in [0.15, 0.2) is 0 Å². The van der Waals surface area contributed by atoms with Crippen LogP contribution in [-0.4, -0.2) is 22.6 Å². The summed E-state index contributed by atoms with van der Waals surface area (Å²) in [6, 6.07) is 0. The van der Waals surface area contributed by atoms with Gasteiger partial charge in [-0.25, -0.2) is 5.48 Å². The molecule has 0 radical (unpaired) electrons. The predicted molar refractivity (Wildman–Crippen MR) is 57.4 cm³/mol. The molecule has 0 bridgehead atoms. The molecule has 1 fully saturated rings. The number of hydrogen-bond acceptors (Lipinski definition) is 3. The third kappa shape index (κ3) is 4.61. The molecule has 0 aromatic carbocycles. The van der Waals surface area contributed by atoms with Gasteiger partial charge in [0.1, 0.15) is 5.92 Å². The van der Waals surface area contributed by atoms with Crippen LogP contribution in [0.2, 0.25) is 0 Å². The molecule has 1 atom stereocenters. The van der Waals surface area contributed by atoms with E-state index in [-0.39, 0.29) is 0 Å². The second kappa shape index (κ2) is 4.82. The normalized spacial score (nSPS) is 17.9. The molecule has 0 aromatic heterocycles. The summed E-state index contributed by atoms with van der Waals surface area (Å²) in [6.45, 7) is 5.35. The van der Waals surface area contributed by atoms with Gasteiger partial charge in [-0.1, -0.05) is 12.8 Å². The minimum atomic E-state index is -1.08. The summed E-state index contributed by atoms with van der Waals surface area (Å²) in [5.41, 5.74) is 1.70. The number of carboxylic acids is 1. The van der Waals surface area contributed by atoms with Gasteiger partial charge in [-0.15, -0.1) is 0 Å². The molecule has 0 heterocycles. The molecule has 5 nitrogen and oxygen atoms in total. The third-order valence-electron chi connectivity index (χ3n) is 2.34. The van der Waals surface area contributed by atoms with E-state index in [0.717, 1.165) is 12.8 Å². The lowest BCUT2D eigenvalue weighted by Crippen LogP contribution is -2.40. The smallest absolute Gasteiger partial charge is 0.316 e. The van der Waals surface area contributed by atoms with Gasteiger partial charge < -0.3 is 5.11 Å². The summed E-state index contributed by atoms with van der Waals surface area (Å²) in [5.74, 6) is -2.24. The molecule has 0 unspecified atom stereocenters. The zero-order valence-electron chi connectivity index (χ0n) is 9.95. The highest BCUT2D eigenvalue weighted by molar-refractivity contribution is 5.96. The van der Waals surface area contributed by atoms with E-state index in [1.54, 1.807) is 20.8 Å². The van der Waals surface area contributed by atoms with Crippen molar-refractivity contribution in [2.45, 2.75) is 45.6 Å². The van der Waals surface area contributed by atoms with Crippen molar-refractivity contribution >= 4 is 11.9 Å². The molecule has 5 heteroatoms. The van der Waals surface area contributed by atoms with Crippen molar-refractivity contribution in [3.63, 3.8) is 0 Å². The first-order valence-electron chi connectivity index (χ1n) is 5.50. The van der Waals surface area contributed by atoms with Crippen LogP contribution in [0.5, 0.6) is 0 Å². The Balaban J connectivity index is 2.43. The lowest BCUT2D eigenvalue weighted by Gasteiger charge is -2.20. The van der Waals surface area contributed by atoms with E-state index in [4.69, 9.17) is 9.94 Å². The fraction of sp³-hybridized carbons (Fsp3) is 0.818. The van der Waals surface area contributed by atoms with Gasteiger partial charge in [0.25, 0.3) is 5.91 Å². The lowest BCUT2D eigenvalue weighted by atomic mass is 10.0. The van der Waals surface area contributed by atoms with Crippen molar-refractivity contribution in [1.82, 2.24) is 5.48 Å². The average molecular weight is 229 g/mol. The number of nitrogens with one attached hydrogen (secondary N) is 1. The standard InChI is InChI=1S/C11H19NO4/c1-11(2,3)16-12-9(13)8(10(14)15)6-7-4-5-7/h7-8H,4-6H2,1-3H3,(H,12,13)(H,14,15)/t8-/m1/s1. The van der Waals surface area contributed by atoms with Gasteiger partial charge in [-0.2, -0.15) is 0 Å². The van der Waals surface area contributed by atoms with Crippen molar-refractivity contribution < 1.29 is 19.5 Å². The number of carbonyl (C=O) groups is 2. The van der Waals surface area contributed by atoms with Crippen LogP contribution < -0.4 is 5.48 Å². The predicted octanol–water partition coefficient (Wildman–Crippen LogP) is 1.33. The Morgan fingerprint density at radius 3 is 2.38 bits per heavy atom. The Kier molecular flexibility index (Phi) is 3.91. The molecule has 1 saturated carbocycles. The fourth-order valence-corrected chi connectivity index (χ4v) is 1.28. The first-order chi connectivity index (χ1) is 7.29. The van der Waals surface area contributed by atoms with Gasteiger partial charge in [-0.3, -0.25) is 14.4 Å². The summed E-state index contributed by atoms with van der Waals surface area (Å²) < 4.78 is 0. The van der Waals surface area contributed by atoms with Gasteiger partial charge in [-0.05, 0) is 33.1 Å². The number of aliphatic carboxylic acids is 1. The van der Waals surface area contributed by atoms with Crippen LogP contribution in [0.4, 0.5) is 0 Å². The fourth-order valence-electron chi connectivity index (χ4n) is 1.28. The summed E-state index contributed by atoms with van der Waals surface area (Å²) >= 11 is 0. The number of carboxylic acid groups (broad SMARTS) is 1. The van der Waals surface area contributed by atoms with Crippen molar-refractivity contribution in [3.8, 4) is 0 Å². The van der Waals surface area contributed by atoms with Gasteiger partial charge in [0, 0.05) is 0 Å². The maximum atomic E-state index is 11.6. The second-order valence-electron chi connectivity index (χ2n) is 5.25. The summed E-state index contributed by atoms with van der Waals surface area (Å²) in [5, 5.41) is 8.93. The van der Waals surface area contributed by atoms with E-state index < -0.39 is 23.4 Å². The third-order valence-corrected chi connectivity index (χ3v) is 2.34. The number of hydrogen-bond donors (Lipinski definition) is 2. The topological polar surface area (TPSA) is 75.6 Å². The summed E-state index contributed by atoms with van der Waals surface area (Å²) in [7, 11) is 0. The van der Waals surface area contributed by atoms with Crippen molar-refractivity contribution in [2.75, 3.05) is 0 Å². The molecule has 0 aliphatic heterocycles. The first-order valence-corrected chi connectivity index (χ1v) is 5.50. The summed E-state index contributed by atoms with van der Waals surface area (Å²) in [4.78, 5) is 27.6. The van der Waals surface area contributed by atoms with Gasteiger partial charge in [0.2, 0.25) is 0 Å². The zero-order valence-corrected chi connectivity index (χ0v) is 9.95. The maximum absolute atomic E-state index is 11.6. The van der Waals surface area contributed by atoms with Gasteiger partial charge in [0.15, 0.2) is 0 Å². The largest absolute Gasteiger partial charge is 0.481 e. The van der Waals surface area contributed by atoms with E-state index in [2.05, 4.69) is 5.48 Å². The minimum absolute atomic E-state index is 0.390. The molecule has 0 saturated heterocycles. The monoisotopic (exact) mass is 229 g/mol. The molecule has 2 N–H and O–H groups in total. The van der Waals surface area contributed by atoms with Crippen LogP contribution in [0.25, 0.3) is 0 Å². The highest BCUT2D eigenvalue weighted by Gasteiger charge is 2.34. The average Bonchev–Trinajstić information content (AvgIpc) is 2.92. The molecule has 1 aliphatic rings.